The average Bonchev–Trinajstić information content (AvgIpc) is 2.93. The summed E-state index contributed by atoms with van der Waals surface area (Å²) >= 11 is 0. The Kier molecular flexibility index (Phi) is 7.73. The van der Waals surface area contributed by atoms with Crippen molar-refractivity contribution in [3.8, 4) is 23.2 Å². The molecular weight excluding hydrogens is 518 g/mol. The molecule has 0 atom stereocenters. The van der Waals surface area contributed by atoms with Crippen molar-refractivity contribution in [2.75, 3.05) is 62.8 Å². The molecular formula is C29H30F2N6O3. The number of benzene rings is 2. The van der Waals surface area contributed by atoms with Crippen LogP contribution in [-0.2, 0) is 9.47 Å². The summed E-state index contributed by atoms with van der Waals surface area (Å²) in [7, 11) is 0. The topological polar surface area (TPSA) is 95.8 Å². The summed E-state index contributed by atoms with van der Waals surface area (Å²) in [6.07, 6.45) is 3.11. The lowest BCUT2D eigenvalue weighted by Crippen LogP contribution is -2.56. The summed E-state index contributed by atoms with van der Waals surface area (Å²) in [4.78, 5) is 12.9. The fourth-order valence-electron chi connectivity index (χ4n) is 5.23. The highest BCUT2D eigenvalue weighted by Crippen LogP contribution is 2.31. The molecule has 1 aromatic heterocycles. The Labute approximate surface area is 231 Å². The lowest BCUT2D eigenvalue weighted by Gasteiger charge is -2.43. The molecule has 6 rings (SSSR count). The molecule has 11 heteroatoms. The van der Waals surface area contributed by atoms with Gasteiger partial charge in [-0.3, -0.25) is 4.90 Å². The van der Waals surface area contributed by atoms with E-state index >= 15 is 8.78 Å². The van der Waals surface area contributed by atoms with Gasteiger partial charge in [0.1, 0.15) is 29.4 Å². The fraction of sp³-hybridized carbons (Fsp3) is 0.414. The molecule has 40 heavy (non-hydrogen) atoms. The van der Waals surface area contributed by atoms with Gasteiger partial charge < -0.3 is 24.4 Å². The van der Waals surface area contributed by atoms with Gasteiger partial charge in [0.15, 0.2) is 17.5 Å². The molecule has 4 heterocycles. The normalized spacial score (nSPS) is 18.7. The van der Waals surface area contributed by atoms with E-state index in [0.717, 1.165) is 39.1 Å². The van der Waals surface area contributed by atoms with Crippen LogP contribution in [-0.4, -0.2) is 79.6 Å². The van der Waals surface area contributed by atoms with E-state index in [1.807, 2.05) is 0 Å². The van der Waals surface area contributed by atoms with Crippen LogP contribution in [0.15, 0.2) is 42.6 Å². The van der Waals surface area contributed by atoms with Crippen LogP contribution in [0, 0.1) is 23.0 Å². The Morgan fingerprint density at radius 3 is 2.40 bits per heavy atom. The molecule has 3 saturated heterocycles. The minimum Gasteiger partial charge on any atom is -0.489 e. The third-order valence-electron chi connectivity index (χ3n) is 7.53. The van der Waals surface area contributed by atoms with Crippen LogP contribution >= 0.6 is 0 Å². The molecule has 3 aliphatic heterocycles. The number of halogens is 2. The van der Waals surface area contributed by atoms with Crippen LogP contribution < -0.4 is 15.0 Å². The highest BCUT2D eigenvalue weighted by molar-refractivity contribution is 5.66. The van der Waals surface area contributed by atoms with Crippen molar-refractivity contribution < 1.29 is 23.0 Å². The van der Waals surface area contributed by atoms with Gasteiger partial charge in [0, 0.05) is 56.5 Å². The number of nitriles is 1. The van der Waals surface area contributed by atoms with Crippen LogP contribution in [0.25, 0.3) is 11.4 Å². The smallest absolute Gasteiger partial charge is 0.161 e. The number of anilines is 3. The minimum absolute atomic E-state index is 0.00877. The summed E-state index contributed by atoms with van der Waals surface area (Å²) in [5.74, 6) is -0.00996. The average molecular weight is 549 g/mol. The predicted molar refractivity (Wildman–Crippen MR) is 145 cm³/mol. The number of aromatic nitrogens is 2. The number of hydrogen-bond acceptors (Lipinski definition) is 9. The van der Waals surface area contributed by atoms with Gasteiger partial charge in [0.05, 0.1) is 38.0 Å². The lowest BCUT2D eigenvalue weighted by atomic mass is 10.1. The Bertz CT molecular complexity index is 1380. The van der Waals surface area contributed by atoms with E-state index in [1.165, 1.54) is 12.1 Å². The molecule has 0 amide bonds. The summed E-state index contributed by atoms with van der Waals surface area (Å²) in [5, 5.41) is 12.7. The minimum atomic E-state index is -0.629. The van der Waals surface area contributed by atoms with Crippen LogP contribution in [0.3, 0.4) is 0 Å². The monoisotopic (exact) mass is 548 g/mol. The molecule has 0 unspecified atom stereocenters. The first kappa shape index (κ1) is 26.4. The van der Waals surface area contributed by atoms with Gasteiger partial charge in [0.2, 0.25) is 0 Å². The van der Waals surface area contributed by atoms with Gasteiger partial charge in [-0.15, -0.1) is 0 Å². The zero-order valence-electron chi connectivity index (χ0n) is 22.0. The number of nitrogens with zero attached hydrogens (tertiary/aromatic N) is 5. The zero-order valence-corrected chi connectivity index (χ0v) is 22.0. The third kappa shape index (κ3) is 5.70. The van der Waals surface area contributed by atoms with Crippen LogP contribution in [0.2, 0.25) is 0 Å². The first-order valence-corrected chi connectivity index (χ1v) is 13.5. The van der Waals surface area contributed by atoms with E-state index < -0.39 is 11.6 Å². The number of hydrogen-bond donors (Lipinski definition) is 1. The van der Waals surface area contributed by atoms with Crippen LogP contribution in [0.1, 0.15) is 18.4 Å². The molecule has 0 radical (unpaired) electrons. The summed E-state index contributed by atoms with van der Waals surface area (Å²) in [6, 6.07) is 12.0. The van der Waals surface area contributed by atoms with E-state index in [-0.39, 0.29) is 17.5 Å². The molecule has 1 N–H and O–H groups in total. The second-order valence-electron chi connectivity index (χ2n) is 10.1. The highest BCUT2D eigenvalue weighted by Gasteiger charge is 2.30. The molecule has 0 bridgehead atoms. The zero-order chi connectivity index (χ0) is 27.5. The predicted octanol–water partition coefficient (Wildman–Crippen LogP) is 4.12. The maximum absolute atomic E-state index is 15.1. The molecule has 208 valence electrons. The second-order valence-corrected chi connectivity index (χ2v) is 10.1. The first-order chi connectivity index (χ1) is 19.6. The van der Waals surface area contributed by atoms with Gasteiger partial charge in [-0.05, 0) is 36.4 Å². The third-order valence-corrected chi connectivity index (χ3v) is 7.53. The number of nitrogens with one attached hydrogen (secondary N) is 1. The highest BCUT2D eigenvalue weighted by atomic mass is 19.1. The van der Waals surface area contributed by atoms with Crippen molar-refractivity contribution in [2.24, 2.45) is 0 Å². The van der Waals surface area contributed by atoms with E-state index in [4.69, 9.17) is 14.2 Å². The van der Waals surface area contributed by atoms with Crippen LogP contribution in [0.5, 0.6) is 5.75 Å². The van der Waals surface area contributed by atoms with E-state index in [1.54, 1.807) is 35.4 Å². The number of rotatable bonds is 7. The van der Waals surface area contributed by atoms with E-state index in [0.29, 0.717) is 60.9 Å². The molecule has 9 nitrogen and oxygen atoms in total. The van der Waals surface area contributed by atoms with E-state index in [9.17, 15) is 5.26 Å². The molecule has 0 aliphatic carbocycles. The largest absolute Gasteiger partial charge is 0.489 e. The second kappa shape index (κ2) is 11.7. The van der Waals surface area contributed by atoms with Crippen molar-refractivity contribution in [3.63, 3.8) is 0 Å². The SMILES string of the molecule is N#Cc1cc(-c2nccc(Nc3cc(F)c(N4CCN(C5COC5)CC4)c(F)c3)n2)ccc1OC1CCOCC1. The maximum atomic E-state index is 15.1. The Balaban J connectivity index is 1.15. The standard InChI is InChI=1S/C29H30F2N6O3/c30-24-14-21(15-25(31)28(24)37-9-7-36(8-10-37)22-17-39-18-22)34-27-3-6-33-29(35-27)19-1-2-26(20(13-19)16-32)40-23-4-11-38-12-5-23/h1-3,6,13-15,22-23H,4-5,7-12,17-18H2,(H,33,34,35). The number of piperazine rings is 1. The van der Waals surface area contributed by atoms with Gasteiger partial charge in [0.25, 0.3) is 0 Å². The van der Waals surface area contributed by atoms with Crippen molar-refractivity contribution in [1.29, 1.82) is 5.26 Å². The van der Waals surface area contributed by atoms with Gasteiger partial charge >= 0.3 is 0 Å². The van der Waals surface area contributed by atoms with E-state index in [2.05, 4.69) is 26.3 Å². The van der Waals surface area contributed by atoms with Crippen LogP contribution in [0.4, 0.5) is 26.0 Å². The van der Waals surface area contributed by atoms with Crippen molar-refractivity contribution in [1.82, 2.24) is 14.9 Å². The van der Waals surface area contributed by atoms with Gasteiger partial charge in [-0.25, -0.2) is 18.7 Å². The first-order valence-electron chi connectivity index (χ1n) is 13.5. The summed E-state index contributed by atoms with van der Waals surface area (Å²) in [6.45, 7) is 5.32. The van der Waals surface area contributed by atoms with Crippen molar-refractivity contribution in [3.05, 3.63) is 59.8 Å². The lowest BCUT2D eigenvalue weighted by molar-refractivity contribution is -0.0661. The Morgan fingerprint density at radius 1 is 0.975 bits per heavy atom. The molecule has 0 saturated carbocycles. The molecule has 3 aliphatic rings. The molecule has 3 fully saturated rings. The summed E-state index contributed by atoms with van der Waals surface area (Å²) in [5.41, 5.74) is 1.24. The Hall–Kier alpha value is -3.85. The maximum Gasteiger partial charge on any atom is 0.161 e. The fourth-order valence-corrected chi connectivity index (χ4v) is 5.23. The molecule has 2 aromatic carbocycles. The number of ether oxygens (including phenoxy) is 3. The summed E-state index contributed by atoms with van der Waals surface area (Å²) < 4.78 is 46.9. The molecule has 3 aromatic rings. The van der Waals surface area contributed by atoms with Gasteiger partial charge in [-0.2, -0.15) is 5.26 Å². The molecule has 0 spiro atoms. The van der Waals surface area contributed by atoms with Crippen molar-refractivity contribution in [2.45, 2.75) is 25.0 Å². The quantitative estimate of drug-likeness (QED) is 0.468. The Morgan fingerprint density at radius 2 is 1.73 bits per heavy atom. The van der Waals surface area contributed by atoms with Gasteiger partial charge in [-0.1, -0.05) is 0 Å². The van der Waals surface area contributed by atoms with Crippen molar-refractivity contribution >= 4 is 17.2 Å².